The van der Waals surface area contributed by atoms with E-state index in [0.29, 0.717) is 18.5 Å². The lowest BCUT2D eigenvalue weighted by Gasteiger charge is -2.37. The minimum atomic E-state index is -0.924. The van der Waals surface area contributed by atoms with Crippen LogP contribution in [0.3, 0.4) is 0 Å². The number of ether oxygens (including phenoxy) is 1. The Morgan fingerprint density at radius 1 is 0.900 bits per heavy atom. The summed E-state index contributed by atoms with van der Waals surface area (Å²) >= 11 is 0. The largest absolute Gasteiger partial charge is 0.506 e. The number of esters is 1. The summed E-state index contributed by atoms with van der Waals surface area (Å²) in [5.74, 6) is -1.06. The van der Waals surface area contributed by atoms with Crippen molar-refractivity contribution < 1.29 is 19.4 Å². The highest BCUT2D eigenvalue weighted by molar-refractivity contribution is 6.01. The molecule has 30 heavy (non-hydrogen) atoms. The van der Waals surface area contributed by atoms with Gasteiger partial charge in [-0.15, -0.1) is 0 Å². The number of hydrogen-bond donors (Lipinski definition) is 1. The third-order valence-corrected chi connectivity index (χ3v) is 5.46. The molecule has 1 N–H and O–H groups in total. The minimum absolute atomic E-state index is 0.0576. The van der Waals surface area contributed by atoms with Crippen LogP contribution >= 0.6 is 0 Å². The number of benzene rings is 3. The van der Waals surface area contributed by atoms with Gasteiger partial charge < -0.3 is 19.6 Å². The van der Waals surface area contributed by atoms with Gasteiger partial charge in [0.05, 0.1) is 0 Å². The van der Waals surface area contributed by atoms with E-state index in [1.54, 1.807) is 30.0 Å². The Hall–Kier alpha value is -3.54. The molecule has 3 aromatic carbocycles. The van der Waals surface area contributed by atoms with Gasteiger partial charge in [-0.3, -0.25) is 4.79 Å². The van der Waals surface area contributed by atoms with E-state index in [1.807, 2.05) is 30.3 Å². The quantitative estimate of drug-likeness (QED) is 0.675. The fraction of sp³-hybridized carbons (Fsp3) is 0.250. The fourth-order valence-electron chi connectivity index (χ4n) is 3.78. The molecule has 1 fully saturated rings. The molecule has 1 saturated heterocycles. The summed E-state index contributed by atoms with van der Waals surface area (Å²) < 4.78 is 5.39. The highest BCUT2D eigenvalue weighted by Gasteiger charge is 2.28. The predicted molar refractivity (Wildman–Crippen MR) is 116 cm³/mol. The summed E-state index contributed by atoms with van der Waals surface area (Å²) in [4.78, 5) is 29.3. The van der Waals surface area contributed by atoms with Gasteiger partial charge in [0.1, 0.15) is 11.3 Å². The first-order valence-corrected chi connectivity index (χ1v) is 10.0. The van der Waals surface area contributed by atoms with Crippen molar-refractivity contribution in [3.05, 3.63) is 72.3 Å². The molecular formula is C24H24N2O4. The first kappa shape index (κ1) is 19.8. The predicted octanol–water partition coefficient (Wildman–Crippen LogP) is 3.44. The summed E-state index contributed by atoms with van der Waals surface area (Å²) in [5, 5.41) is 11.9. The van der Waals surface area contributed by atoms with Crippen molar-refractivity contribution in [1.29, 1.82) is 0 Å². The van der Waals surface area contributed by atoms with Crippen LogP contribution in [0.15, 0.2) is 66.7 Å². The number of aromatic hydroxyl groups is 1. The molecule has 6 heteroatoms. The number of carbonyl (C=O) groups is 2. The Morgan fingerprint density at radius 2 is 1.57 bits per heavy atom. The van der Waals surface area contributed by atoms with Gasteiger partial charge in [-0.1, -0.05) is 48.5 Å². The lowest BCUT2D eigenvalue weighted by atomic mass is 10.1. The van der Waals surface area contributed by atoms with Gasteiger partial charge in [-0.2, -0.15) is 0 Å². The highest BCUT2D eigenvalue weighted by atomic mass is 16.5. The molecule has 1 unspecified atom stereocenters. The number of para-hydroxylation sites is 1. The third-order valence-electron chi connectivity index (χ3n) is 5.46. The first-order chi connectivity index (χ1) is 14.5. The maximum absolute atomic E-state index is 12.8. The number of amides is 1. The lowest BCUT2D eigenvalue weighted by Crippen LogP contribution is -2.51. The van der Waals surface area contributed by atoms with E-state index in [2.05, 4.69) is 17.0 Å². The summed E-state index contributed by atoms with van der Waals surface area (Å²) in [6.07, 6.45) is -0.924. The summed E-state index contributed by atoms with van der Waals surface area (Å²) in [7, 11) is 0. The zero-order chi connectivity index (χ0) is 21.1. The van der Waals surface area contributed by atoms with E-state index in [4.69, 9.17) is 4.74 Å². The average Bonchev–Trinajstić information content (AvgIpc) is 2.79. The Bertz CT molecular complexity index is 1060. The standard InChI is InChI=1S/C24H24N2O4/c1-17(23(28)26-15-13-25(14-16-26)19-8-3-2-4-9-19)30-24(29)21-12-11-18-7-5-6-10-20(18)22(21)27/h2-12,17,27H,13-16H2,1H3. The Balaban J connectivity index is 1.38. The van der Waals surface area contributed by atoms with Crippen molar-refractivity contribution >= 4 is 28.3 Å². The first-order valence-electron chi connectivity index (χ1n) is 10.0. The lowest BCUT2D eigenvalue weighted by molar-refractivity contribution is -0.140. The summed E-state index contributed by atoms with van der Waals surface area (Å²) in [5.41, 5.74) is 1.19. The van der Waals surface area contributed by atoms with Gasteiger partial charge in [0.15, 0.2) is 6.10 Å². The van der Waals surface area contributed by atoms with Gasteiger partial charge in [-0.25, -0.2) is 4.79 Å². The van der Waals surface area contributed by atoms with Gasteiger partial charge in [0.25, 0.3) is 5.91 Å². The number of nitrogens with zero attached hydrogens (tertiary/aromatic N) is 2. The molecule has 0 bridgehead atoms. The zero-order valence-corrected chi connectivity index (χ0v) is 16.8. The van der Waals surface area contributed by atoms with Crippen LogP contribution in [0.5, 0.6) is 5.75 Å². The smallest absolute Gasteiger partial charge is 0.342 e. The van der Waals surface area contributed by atoms with E-state index in [0.717, 1.165) is 24.2 Å². The molecule has 0 radical (unpaired) electrons. The zero-order valence-electron chi connectivity index (χ0n) is 16.8. The van der Waals surface area contributed by atoms with E-state index in [1.165, 1.54) is 6.07 Å². The molecule has 0 saturated carbocycles. The molecule has 1 aliphatic rings. The molecule has 1 aliphatic heterocycles. The van der Waals surface area contributed by atoms with Crippen LogP contribution in [0.2, 0.25) is 0 Å². The average molecular weight is 404 g/mol. The molecule has 6 nitrogen and oxygen atoms in total. The van der Waals surface area contributed by atoms with E-state index >= 15 is 0 Å². The Labute approximate surface area is 175 Å². The van der Waals surface area contributed by atoms with Crippen molar-refractivity contribution in [2.24, 2.45) is 0 Å². The fourth-order valence-corrected chi connectivity index (χ4v) is 3.78. The molecule has 1 amide bonds. The monoisotopic (exact) mass is 404 g/mol. The van der Waals surface area contributed by atoms with Crippen LogP contribution in [0.25, 0.3) is 10.8 Å². The maximum Gasteiger partial charge on any atom is 0.342 e. The van der Waals surface area contributed by atoms with Crippen molar-refractivity contribution in [3.63, 3.8) is 0 Å². The van der Waals surface area contributed by atoms with Gasteiger partial charge >= 0.3 is 5.97 Å². The van der Waals surface area contributed by atoms with Gasteiger partial charge in [-0.05, 0) is 30.5 Å². The number of rotatable bonds is 4. The molecular weight excluding hydrogens is 380 g/mol. The number of anilines is 1. The number of phenolic OH excluding ortho intramolecular Hbond substituents is 1. The number of fused-ring (bicyclic) bond motifs is 1. The van der Waals surface area contributed by atoms with Crippen molar-refractivity contribution in [1.82, 2.24) is 4.90 Å². The van der Waals surface area contributed by atoms with Gasteiger partial charge in [0, 0.05) is 37.3 Å². The van der Waals surface area contributed by atoms with E-state index in [9.17, 15) is 14.7 Å². The number of piperazine rings is 1. The van der Waals surface area contributed by atoms with Crippen molar-refractivity contribution in [2.75, 3.05) is 31.1 Å². The van der Waals surface area contributed by atoms with Crippen molar-refractivity contribution in [2.45, 2.75) is 13.0 Å². The Kier molecular flexibility index (Phi) is 5.57. The van der Waals surface area contributed by atoms with Crippen LogP contribution < -0.4 is 4.90 Å². The maximum atomic E-state index is 12.8. The van der Waals surface area contributed by atoms with Gasteiger partial charge in [0.2, 0.25) is 0 Å². The summed E-state index contributed by atoms with van der Waals surface area (Å²) in [6.45, 7) is 4.15. The molecule has 3 aromatic rings. The molecule has 4 rings (SSSR count). The van der Waals surface area contributed by atoms with Crippen LogP contribution in [0.4, 0.5) is 5.69 Å². The van der Waals surface area contributed by atoms with E-state index < -0.39 is 12.1 Å². The SMILES string of the molecule is CC(OC(=O)c1ccc2ccccc2c1O)C(=O)N1CCN(c2ccccc2)CC1. The minimum Gasteiger partial charge on any atom is -0.506 e. The normalized spacial score (nSPS) is 15.1. The van der Waals surface area contributed by atoms with Crippen LogP contribution in [0.1, 0.15) is 17.3 Å². The second-order valence-corrected chi connectivity index (χ2v) is 7.38. The molecule has 0 spiro atoms. The molecule has 1 atom stereocenters. The van der Waals surface area contributed by atoms with Crippen LogP contribution in [-0.2, 0) is 9.53 Å². The topological polar surface area (TPSA) is 70.1 Å². The second kappa shape index (κ2) is 8.45. The highest BCUT2D eigenvalue weighted by Crippen LogP contribution is 2.29. The Morgan fingerprint density at radius 3 is 2.30 bits per heavy atom. The molecule has 0 aromatic heterocycles. The number of carbonyl (C=O) groups excluding carboxylic acids is 2. The van der Waals surface area contributed by atoms with Crippen LogP contribution in [0, 0.1) is 0 Å². The van der Waals surface area contributed by atoms with Crippen LogP contribution in [-0.4, -0.2) is 54.2 Å². The summed E-state index contributed by atoms with van der Waals surface area (Å²) in [6, 6.07) is 20.6. The second-order valence-electron chi connectivity index (χ2n) is 7.38. The van der Waals surface area contributed by atoms with E-state index in [-0.39, 0.29) is 17.2 Å². The third kappa shape index (κ3) is 3.94. The molecule has 1 heterocycles. The van der Waals surface area contributed by atoms with Crippen molar-refractivity contribution in [3.8, 4) is 5.75 Å². The number of phenols is 1. The molecule has 0 aliphatic carbocycles. The molecule has 154 valence electrons. The number of hydrogen-bond acceptors (Lipinski definition) is 5.